The van der Waals surface area contributed by atoms with Gasteiger partial charge in [0.1, 0.15) is 29.9 Å². The number of unbranched alkanes of at least 4 members (excludes halogenated alkanes) is 1. The number of aliphatic hydroxyl groups excluding tert-OH is 3. The van der Waals surface area contributed by atoms with Crippen molar-refractivity contribution in [2.24, 2.45) is 11.8 Å². The number of rotatable bonds is 9. The second-order valence-electron chi connectivity index (χ2n) is 8.88. The van der Waals surface area contributed by atoms with Gasteiger partial charge in [-0.1, -0.05) is 26.7 Å². The van der Waals surface area contributed by atoms with E-state index in [0.717, 1.165) is 32.2 Å². The van der Waals surface area contributed by atoms with E-state index in [-0.39, 0.29) is 24.5 Å². The molecule has 2 rings (SSSR count). The van der Waals surface area contributed by atoms with E-state index in [4.69, 9.17) is 4.74 Å². The molecule has 1 amide bonds. The van der Waals surface area contributed by atoms with E-state index in [9.17, 15) is 24.5 Å². The van der Waals surface area contributed by atoms with E-state index in [1.165, 1.54) is 11.8 Å². The van der Waals surface area contributed by atoms with Crippen molar-refractivity contribution in [1.29, 1.82) is 0 Å². The zero-order valence-electron chi connectivity index (χ0n) is 18.3. The number of nitrogens with one attached hydrogen (secondary N) is 2. The highest BCUT2D eigenvalue weighted by atomic mass is 32.2. The summed E-state index contributed by atoms with van der Waals surface area (Å²) >= 11 is 1.26. The summed E-state index contributed by atoms with van der Waals surface area (Å²) < 4.78 is 18.2. The number of thioether (sulfide) groups is 1. The fraction of sp³-hybridized carbons (Fsp3) is 0.952. The number of carbonyl (C=O) groups is 1. The first-order valence-corrected chi connectivity index (χ1v) is 12.4. The summed E-state index contributed by atoms with van der Waals surface area (Å²) in [5.41, 5.74) is -0.673. The zero-order chi connectivity index (χ0) is 22.3. The summed E-state index contributed by atoms with van der Waals surface area (Å²) in [6, 6.07) is -0.834. The number of ether oxygens (including phenoxy) is 1. The van der Waals surface area contributed by atoms with Crippen molar-refractivity contribution < 1.29 is 29.2 Å². The maximum Gasteiger partial charge on any atom is 0.237 e. The lowest BCUT2D eigenvalue weighted by molar-refractivity contribution is -0.208. The van der Waals surface area contributed by atoms with Gasteiger partial charge in [-0.25, -0.2) is 0 Å². The van der Waals surface area contributed by atoms with Gasteiger partial charge in [-0.05, 0) is 50.3 Å². The fourth-order valence-corrected chi connectivity index (χ4v) is 5.09. The van der Waals surface area contributed by atoms with Crippen molar-refractivity contribution in [2.75, 3.05) is 19.5 Å². The number of carbonyl (C=O) groups excluding carboxylic acids is 1. The van der Waals surface area contributed by atoms with Crippen LogP contribution in [0.5, 0.6) is 0 Å². The maximum atomic E-state index is 13.0. The molecule has 5 N–H and O–H groups in total. The standard InChI is InChI=1S/C21H39FN2O5S/c1-12(2)15(19-17(26)16(25)18(27)21(29-19)30-3)24-20(28)14-8-7-13(9-11-23-14)6-4-5-10-22/h12-19,21,23,25-27H,4-11H2,1-3H3,(H,24,28)/t13?,14-,15+,16-,17+,18+,19?,21+/m0/s1. The predicted octanol–water partition coefficient (Wildman–Crippen LogP) is 1.20. The van der Waals surface area contributed by atoms with Crippen LogP contribution in [0.25, 0.3) is 0 Å². The Kier molecular flexibility index (Phi) is 10.8. The highest BCUT2D eigenvalue weighted by Crippen LogP contribution is 2.30. The molecule has 0 aromatic heterocycles. The van der Waals surface area contributed by atoms with E-state index < -0.39 is 35.9 Å². The third-order valence-corrected chi connectivity index (χ3v) is 7.19. The van der Waals surface area contributed by atoms with Crippen molar-refractivity contribution in [2.45, 2.75) is 94.3 Å². The summed E-state index contributed by atoms with van der Waals surface area (Å²) in [5.74, 6) is 0.318. The molecule has 0 aliphatic carbocycles. The maximum absolute atomic E-state index is 13.0. The van der Waals surface area contributed by atoms with Crippen molar-refractivity contribution in [3.05, 3.63) is 0 Å². The Morgan fingerprint density at radius 1 is 1.17 bits per heavy atom. The molecule has 2 aliphatic heterocycles. The molecule has 2 fully saturated rings. The molecule has 0 saturated carbocycles. The molecule has 2 heterocycles. The van der Waals surface area contributed by atoms with Gasteiger partial charge in [0.25, 0.3) is 0 Å². The molecule has 9 heteroatoms. The minimum Gasteiger partial charge on any atom is -0.388 e. The minimum absolute atomic E-state index is 0.0437. The van der Waals surface area contributed by atoms with E-state index in [1.807, 2.05) is 13.8 Å². The number of amides is 1. The normalized spacial score (nSPS) is 36.3. The van der Waals surface area contributed by atoms with Gasteiger partial charge in [0, 0.05) is 0 Å². The third kappa shape index (κ3) is 6.77. The number of aliphatic hydroxyl groups is 3. The summed E-state index contributed by atoms with van der Waals surface area (Å²) in [6.07, 6.45) is 2.22. The van der Waals surface area contributed by atoms with Gasteiger partial charge in [-0.15, -0.1) is 11.8 Å². The molecular formula is C21H39FN2O5S. The Labute approximate surface area is 183 Å². The molecule has 8 atom stereocenters. The fourth-order valence-electron chi connectivity index (χ4n) is 4.41. The van der Waals surface area contributed by atoms with Crippen LogP contribution in [0, 0.1) is 11.8 Å². The molecule has 0 aromatic carbocycles. The SMILES string of the molecule is CS[C@H]1OC([C@H](NC(=O)[C@@H]2CCC(CCCCF)CCN2)C(C)C)[C@H](O)[C@H](O)[C@H]1O. The molecule has 0 radical (unpaired) electrons. The Hall–Kier alpha value is -0.450. The molecular weight excluding hydrogens is 411 g/mol. The predicted molar refractivity (Wildman–Crippen MR) is 116 cm³/mol. The number of hydrogen-bond donors (Lipinski definition) is 5. The van der Waals surface area contributed by atoms with Crippen LogP contribution in [0.15, 0.2) is 0 Å². The Morgan fingerprint density at radius 3 is 2.53 bits per heavy atom. The van der Waals surface area contributed by atoms with Gasteiger partial charge in [-0.2, -0.15) is 0 Å². The molecule has 176 valence electrons. The highest BCUT2D eigenvalue weighted by molar-refractivity contribution is 7.99. The Morgan fingerprint density at radius 2 is 1.90 bits per heavy atom. The largest absolute Gasteiger partial charge is 0.388 e. The molecule has 7 nitrogen and oxygen atoms in total. The average molecular weight is 451 g/mol. The highest BCUT2D eigenvalue weighted by Gasteiger charge is 2.47. The third-order valence-electron chi connectivity index (χ3n) is 6.34. The number of hydrogen-bond acceptors (Lipinski definition) is 7. The number of alkyl halides is 1. The van der Waals surface area contributed by atoms with Crippen LogP contribution >= 0.6 is 11.8 Å². The quantitative estimate of drug-likeness (QED) is 0.336. The second kappa shape index (κ2) is 12.6. The van der Waals surface area contributed by atoms with Gasteiger partial charge >= 0.3 is 0 Å². The van der Waals surface area contributed by atoms with Crippen LogP contribution in [0.3, 0.4) is 0 Å². The lowest BCUT2D eigenvalue weighted by Gasteiger charge is -2.44. The summed E-state index contributed by atoms with van der Waals surface area (Å²) in [6.45, 7) is 4.32. The minimum atomic E-state index is -1.33. The zero-order valence-corrected chi connectivity index (χ0v) is 19.1. The molecule has 2 aliphatic rings. The van der Waals surface area contributed by atoms with Crippen LogP contribution in [0.2, 0.25) is 0 Å². The molecule has 2 saturated heterocycles. The van der Waals surface area contributed by atoms with Gasteiger partial charge in [0.05, 0.1) is 18.8 Å². The monoisotopic (exact) mass is 450 g/mol. The van der Waals surface area contributed by atoms with Crippen LogP contribution < -0.4 is 10.6 Å². The van der Waals surface area contributed by atoms with Crippen LogP contribution in [0.1, 0.15) is 52.4 Å². The molecule has 2 unspecified atom stereocenters. The molecule has 30 heavy (non-hydrogen) atoms. The van der Waals surface area contributed by atoms with Crippen molar-refractivity contribution >= 4 is 17.7 Å². The smallest absolute Gasteiger partial charge is 0.237 e. The van der Waals surface area contributed by atoms with Crippen molar-refractivity contribution in [3.8, 4) is 0 Å². The summed E-state index contributed by atoms with van der Waals surface area (Å²) in [4.78, 5) is 13.0. The first-order chi connectivity index (χ1) is 14.3. The van der Waals surface area contributed by atoms with Crippen LogP contribution in [-0.4, -0.2) is 82.6 Å². The Balaban J connectivity index is 1.98. The van der Waals surface area contributed by atoms with E-state index in [2.05, 4.69) is 10.6 Å². The summed E-state index contributed by atoms with van der Waals surface area (Å²) in [7, 11) is 0. The van der Waals surface area contributed by atoms with Crippen molar-refractivity contribution in [1.82, 2.24) is 10.6 Å². The van der Waals surface area contributed by atoms with Gasteiger partial charge in [0.15, 0.2) is 0 Å². The Bertz CT molecular complexity index is 528. The first-order valence-electron chi connectivity index (χ1n) is 11.1. The van der Waals surface area contributed by atoms with Gasteiger partial charge < -0.3 is 30.7 Å². The van der Waals surface area contributed by atoms with Gasteiger partial charge in [0.2, 0.25) is 5.91 Å². The van der Waals surface area contributed by atoms with Crippen molar-refractivity contribution in [3.63, 3.8) is 0 Å². The molecule has 0 spiro atoms. The van der Waals surface area contributed by atoms with Crippen LogP contribution in [0.4, 0.5) is 4.39 Å². The lowest BCUT2D eigenvalue weighted by Crippen LogP contribution is -2.64. The number of halogens is 1. The van der Waals surface area contributed by atoms with E-state index >= 15 is 0 Å². The van der Waals surface area contributed by atoms with E-state index in [1.54, 1.807) is 6.26 Å². The molecule has 0 bridgehead atoms. The topological polar surface area (TPSA) is 111 Å². The molecule has 0 aromatic rings. The second-order valence-corrected chi connectivity index (χ2v) is 9.81. The average Bonchev–Trinajstić information content (AvgIpc) is 2.97. The first kappa shape index (κ1) is 25.8. The van der Waals surface area contributed by atoms with Crippen LogP contribution in [-0.2, 0) is 9.53 Å². The summed E-state index contributed by atoms with van der Waals surface area (Å²) in [5, 5.41) is 37.2. The van der Waals surface area contributed by atoms with E-state index in [0.29, 0.717) is 18.8 Å². The van der Waals surface area contributed by atoms with Gasteiger partial charge in [-0.3, -0.25) is 9.18 Å². The lowest BCUT2D eigenvalue weighted by atomic mass is 9.88.